The molecule has 0 saturated carbocycles. The average Bonchev–Trinajstić information content (AvgIpc) is 2.28. The maximum absolute atomic E-state index is 6.03. The van der Waals surface area contributed by atoms with E-state index in [2.05, 4.69) is 12.2 Å². The normalized spacial score (nSPS) is 14.3. The SMILES string of the molecule is COc1ccc(NC(C)C(C)OC)cc1Cl. The molecule has 4 heteroatoms. The molecule has 1 aromatic rings. The first-order valence-corrected chi connectivity index (χ1v) is 5.59. The van der Waals surface area contributed by atoms with E-state index in [9.17, 15) is 0 Å². The van der Waals surface area contributed by atoms with Crippen LogP contribution in [0.4, 0.5) is 5.69 Å². The number of hydrogen-bond acceptors (Lipinski definition) is 3. The zero-order valence-corrected chi connectivity index (χ0v) is 10.8. The lowest BCUT2D eigenvalue weighted by molar-refractivity contribution is 0.106. The summed E-state index contributed by atoms with van der Waals surface area (Å²) in [6.07, 6.45) is 0.140. The van der Waals surface area contributed by atoms with Crippen molar-refractivity contribution in [2.45, 2.75) is 26.0 Å². The van der Waals surface area contributed by atoms with Crippen molar-refractivity contribution in [3.63, 3.8) is 0 Å². The van der Waals surface area contributed by atoms with Gasteiger partial charge in [0.2, 0.25) is 0 Å². The van der Waals surface area contributed by atoms with Gasteiger partial charge in [-0.15, -0.1) is 0 Å². The third-order valence-electron chi connectivity index (χ3n) is 2.62. The minimum Gasteiger partial charge on any atom is -0.495 e. The molecule has 0 aromatic heterocycles. The van der Waals surface area contributed by atoms with Gasteiger partial charge in [-0.2, -0.15) is 0 Å². The minimum absolute atomic E-state index is 0.140. The Morgan fingerprint density at radius 1 is 1.25 bits per heavy atom. The number of nitrogens with one attached hydrogen (secondary N) is 1. The maximum atomic E-state index is 6.03. The minimum atomic E-state index is 0.140. The zero-order valence-electron chi connectivity index (χ0n) is 10.1. The van der Waals surface area contributed by atoms with Crippen LogP contribution in [-0.4, -0.2) is 26.4 Å². The second-order valence-electron chi connectivity index (χ2n) is 3.72. The summed E-state index contributed by atoms with van der Waals surface area (Å²) < 4.78 is 10.3. The molecule has 1 aromatic carbocycles. The lowest BCUT2D eigenvalue weighted by Crippen LogP contribution is -2.29. The molecule has 0 aliphatic heterocycles. The molecular weight excluding hydrogens is 226 g/mol. The summed E-state index contributed by atoms with van der Waals surface area (Å²) in [5.74, 6) is 0.680. The molecule has 3 nitrogen and oxygen atoms in total. The third kappa shape index (κ3) is 3.29. The van der Waals surface area contributed by atoms with Crippen molar-refractivity contribution in [2.24, 2.45) is 0 Å². The van der Waals surface area contributed by atoms with Gasteiger partial charge in [0.05, 0.1) is 18.2 Å². The van der Waals surface area contributed by atoms with Gasteiger partial charge in [0.1, 0.15) is 5.75 Å². The fourth-order valence-corrected chi connectivity index (χ4v) is 1.60. The lowest BCUT2D eigenvalue weighted by Gasteiger charge is -2.21. The average molecular weight is 244 g/mol. The van der Waals surface area contributed by atoms with Crippen molar-refractivity contribution in [1.82, 2.24) is 0 Å². The molecule has 1 rings (SSSR count). The fourth-order valence-electron chi connectivity index (χ4n) is 1.34. The predicted molar refractivity (Wildman–Crippen MR) is 67.6 cm³/mol. The summed E-state index contributed by atoms with van der Waals surface area (Å²) >= 11 is 6.03. The highest BCUT2D eigenvalue weighted by Gasteiger charge is 2.11. The molecular formula is C12H18ClNO2. The van der Waals surface area contributed by atoms with Crippen LogP contribution in [0, 0.1) is 0 Å². The van der Waals surface area contributed by atoms with E-state index >= 15 is 0 Å². The largest absolute Gasteiger partial charge is 0.495 e. The molecule has 0 aliphatic carbocycles. The van der Waals surface area contributed by atoms with Crippen LogP contribution in [0.25, 0.3) is 0 Å². The first-order valence-electron chi connectivity index (χ1n) is 5.21. The van der Waals surface area contributed by atoms with E-state index in [1.165, 1.54) is 0 Å². The van der Waals surface area contributed by atoms with Crippen LogP contribution in [0.1, 0.15) is 13.8 Å². The van der Waals surface area contributed by atoms with Gasteiger partial charge in [-0.25, -0.2) is 0 Å². The second-order valence-corrected chi connectivity index (χ2v) is 4.13. The molecule has 90 valence electrons. The summed E-state index contributed by atoms with van der Waals surface area (Å²) in [6, 6.07) is 5.84. The van der Waals surface area contributed by atoms with Crippen molar-refractivity contribution in [3.05, 3.63) is 23.2 Å². The number of anilines is 1. The van der Waals surface area contributed by atoms with E-state index in [0.717, 1.165) is 5.69 Å². The van der Waals surface area contributed by atoms with Crippen LogP contribution in [-0.2, 0) is 4.74 Å². The Kier molecular flexibility index (Phi) is 4.90. The molecule has 0 aliphatic rings. The van der Waals surface area contributed by atoms with Gasteiger partial charge in [-0.3, -0.25) is 0 Å². The summed E-state index contributed by atoms with van der Waals surface area (Å²) in [5, 5.41) is 3.92. The summed E-state index contributed by atoms with van der Waals surface area (Å²) in [5.41, 5.74) is 0.960. The van der Waals surface area contributed by atoms with Gasteiger partial charge in [-0.1, -0.05) is 11.6 Å². The fraction of sp³-hybridized carbons (Fsp3) is 0.500. The highest BCUT2D eigenvalue weighted by Crippen LogP contribution is 2.27. The van der Waals surface area contributed by atoms with Crippen molar-refractivity contribution in [3.8, 4) is 5.75 Å². The smallest absolute Gasteiger partial charge is 0.137 e. The first kappa shape index (κ1) is 13.1. The van der Waals surface area contributed by atoms with Crippen molar-refractivity contribution in [2.75, 3.05) is 19.5 Å². The Bertz CT molecular complexity index is 344. The van der Waals surface area contributed by atoms with E-state index in [-0.39, 0.29) is 12.1 Å². The summed E-state index contributed by atoms with van der Waals surface area (Å²) in [6.45, 7) is 4.08. The molecule has 0 spiro atoms. The van der Waals surface area contributed by atoms with Gasteiger partial charge in [0.25, 0.3) is 0 Å². The van der Waals surface area contributed by atoms with E-state index in [1.54, 1.807) is 14.2 Å². The third-order valence-corrected chi connectivity index (χ3v) is 2.92. The van der Waals surface area contributed by atoms with Crippen molar-refractivity contribution < 1.29 is 9.47 Å². The Morgan fingerprint density at radius 3 is 2.44 bits per heavy atom. The lowest BCUT2D eigenvalue weighted by atomic mass is 10.2. The van der Waals surface area contributed by atoms with E-state index in [1.807, 2.05) is 25.1 Å². The second kappa shape index (κ2) is 5.97. The molecule has 2 atom stereocenters. The number of methoxy groups -OCH3 is 2. The van der Waals surface area contributed by atoms with Crippen LogP contribution in [0.3, 0.4) is 0 Å². The standard InChI is InChI=1S/C12H18ClNO2/c1-8(9(2)15-3)14-10-5-6-12(16-4)11(13)7-10/h5-9,14H,1-4H3. The molecule has 16 heavy (non-hydrogen) atoms. The Hall–Kier alpha value is -0.930. The molecule has 2 unspecified atom stereocenters. The highest BCUT2D eigenvalue weighted by atomic mass is 35.5. The maximum Gasteiger partial charge on any atom is 0.137 e. The summed E-state index contributed by atoms with van der Waals surface area (Å²) in [4.78, 5) is 0. The van der Waals surface area contributed by atoms with Gasteiger partial charge in [0, 0.05) is 18.8 Å². The number of ether oxygens (including phenoxy) is 2. The molecule has 0 radical (unpaired) electrons. The monoisotopic (exact) mass is 243 g/mol. The van der Waals surface area contributed by atoms with Crippen LogP contribution in [0.5, 0.6) is 5.75 Å². The van der Waals surface area contributed by atoms with Gasteiger partial charge < -0.3 is 14.8 Å². The van der Waals surface area contributed by atoms with E-state index < -0.39 is 0 Å². The van der Waals surface area contributed by atoms with E-state index in [0.29, 0.717) is 10.8 Å². The van der Waals surface area contributed by atoms with Gasteiger partial charge in [0.15, 0.2) is 0 Å². The van der Waals surface area contributed by atoms with Crippen LogP contribution >= 0.6 is 11.6 Å². The molecule has 0 heterocycles. The Labute approximate surface area is 102 Å². The van der Waals surface area contributed by atoms with Crippen molar-refractivity contribution in [1.29, 1.82) is 0 Å². The quantitative estimate of drug-likeness (QED) is 0.862. The number of halogens is 1. The number of benzene rings is 1. The predicted octanol–water partition coefficient (Wildman–Crippen LogP) is 3.18. The zero-order chi connectivity index (χ0) is 12.1. The molecule has 0 fully saturated rings. The summed E-state index contributed by atoms with van der Waals surface area (Å²) in [7, 11) is 3.30. The molecule has 0 saturated heterocycles. The number of rotatable bonds is 5. The molecule has 0 amide bonds. The van der Waals surface area contributed by atoms with Crippen LogP contribution in [0.15, 0.2) is 18.2 Å². The van der Waals surface area contributed by atoms with Gasteiger partial charge >= 0.3 is 0 Å². The number of hydrogen-bond donors (Lipinski definition) is 1. The Balaban J connectivity index is 2.71. The molecule has 0 bridgehead atoms. The Morgan fingerprint density at radius 2 is 1.94 bits per heavy atom. The van der Waals surface area contributed by atoms with Crippen LogP contribution in [0.2, 0.25) is 5.02 Å². The highest BCUT2D eigenvalue weighted by molar-refractivity contribution is 6.32. The van der Waals surface area contributed by atoms with Crippen molar-refractivity contribution >= 4 is 17.3 Å². The first-order chi connectivity index (χ1) is 7.58. The van der Waals surface area contributed by atoms with E-state index in [4.69, 9.17) is 21.1 Å². The topological polar surface area (TPSA) is 30.5 Å². The van der Waals surface area contributed by atoms with Gasteiger partial charge in [-0.05, 0) is 32.0 Å². The van der Waals surface area contributed by atoms with Crippen LogP contribution < -0.4 is 10.1 Å². The molecule has 1 N–H and O–H groups in total.